The first-order valence-electron chi connectivity index (χ1n) is 7.31. The Morgan fingerprint density at radius 1 is 1.30 bits per heavy atom. The number of halogens is 3. The van der Waals surface area contributed by atoms with Gasteiger partial charge in [0.25, 0.3) is 0 Å². The summed E-state index contributed by atoms with van der Waals surface area (Å²) in [6.45, 7) is 4.98. The van der Waals surface area contributed by atoms with E-state index >= 15 is 0 Å². The van der Waals surface area contributed by atoms with Crippen molar-refractivity contribution in [3.63, 3.8) is 0 Å². The normalized spacial score (nSPS) is 16.8. The Balaban J connectivity index is 2.26. The molecule has 128 valence electrons. The molecule has 2 N–H and O–H groups in total. The molecule has 23 heavy (non-hydrogen) atoms. The Hall–Kier alpha value is -1.76. The Morgan fingerprint density at radius 3 is 2.39 bits per heavy atom. The van der Waals surface area contributed by atoms with Gasteiger partial charge in [0.15, 0.2) is 0 Å². The van der Waals surface area contributed by atoms with Crippen molar-refractivity contribution in [3.05, 3.63) is 29.3 Å². The first-order valence-corrected chi connectivity index (χ1v) is 7.31. The topological polar surface area (TPSA) is 58.6 Å². The van der Waals surface area contributed by atoms with Crippen molar-refractivity contribution >= 4 is 11.8 Å². The van der Waals surface area contributed by atoms with Gasteiger partial charge in [-0.1, -0.05) is 6.07 Å². The van der Waals surface area contributed by atoms with Gasteiger partial charge in [-0.25, -0.2) is 4.79 Å². The zero-order valence-electron chi connectivity index (χ0n) is 13.3. The van der Waals surface area contributed by atoms with Gasteiger partial charge in [-0.05, 0) is 51.3 Å². The van der Waals surface area contributed by atoms with Crippen LogP contribution < -0.4 is 5.32 Å². The van der Waals surface area contributed by atoms with Crippen LogP contribution in [0.3, 0.4) is 0 Å². The average Bonchev–Trinajstić information content (AvgIpc) is 3.05. The first kappa shape index (κ1) is 17.6. The van der Waals surface area contributed by atoms with Crippen LogP contribution in [-0.4, -0.2) is 22.4 Å². The summed E-state index contributed by atoms with van der Waals surface area (Å²) in [6, 6.07) is 3.10. The van der Waals surface area contributed by atoms with Gasteiger partial charge in [-0.3, -0.25) is 5.32 Å². The highest BCUT2D eigenvalue weighted by Crippen LogP contribution is 2.41. The summed E-state index contributed by atoms with van der Waals surface area (Å²) in [5, 5.41) is 12.3. The lowest BCUT2D eigenvalue weighted by atomic mass is 10.0. The molecular formula is C16H20F3NO3. The molecule has 0 radical (unpaired) electrons. The lowest BCUT2D eigenvalue weighted by molar-refractivity contribution is -0.137. The standard InChI is InChI=1S/C16H20F3NO3/c1-14(2,3)23-13(21)20-12-8-11(16(17,18)19)5-4-10(12)9-15(22)6-7-15/h4-5,8,22H,6-7,9H2,1-3H3,(H,20,21). The Morgan fingerprint density at radius 2 is 1.91 bits per heavy atom. The second kappa shape index (κ2) is 5.70. The quantitative estimate of drug-likeness (QED) is 0.876. The smallest absolute Gasteiger partial charge is 0.416 e. The SMILES string of the molecule is CC(C)(C)OC(=O)Nc1cc(C(F)(F)F)ccc1CC1(O)CC1. The third-order valence-electron chi connectivity index (χ3n) is 3.42. The minimum absolute atomic E-state index is 0.00870. The molecule has 1 aromatic carbocycles. The lowest BCUT2D eigenvalue weighted by Gasteiger charge is -2.21. The number of hydrogen-bond acceptors (Lipinski definition) is 3. The fourth-order valence-electron chi connectivity index (χ4n) is 2.11. The monoisotopic (exact) mass is 331 g/mol. The molecular weight excluding hydrogens is 311 g/mol. The van der Waals surface area contributed by atoms with Crippen molar-refractivity contribution in [1.82, 2.24) is 0 Å². The van der Waals surface area contributed by atoms with Crippen LogP contribution >= 0.6 is 0 Å². The van der Waals surface area contributed by atoms with E-state index in [0.29, 0.717) is 18.4 Å². The molecule has 0 atom stereocenters. The predicted octanol–water partition coefficient (Wildman–Crippen LogP) is 4.12. The summed E-state index contributed by atoms with van der Waals surface area (Å²) >= 11 is 0. The van der Waals surface area contributed by atoms with E-state index in [-0.39, 0.29) is 12.1 Å². The lowest BCUT2D eigenvalue weighted by Crippen LogP contribution is -2.28. The number of anilines is 1. The van der Waals surface area contributed by atoms with E-state index in [1.165, 1.54) is 6.07 Å². The fourth-order valence-corrected chi connectivity index (χ4v) is 2.11. The van der Waals surface area contributed by atoms with Crippen LogP contribution in [0.1, 0.15) is 44.7 Å². The van der Waals surface area contributed by atoms with Crippen molar-refractivity contribution in [3.8, 4) is 0 Å². The van der Waals surface area contributed by atoms with Gasteiger partial charge in [-0.15, -0.1) is 0 Å². The van der Waals surface area contributed by atoms with Crippen molar-refractivity contribution in [2.45, 2.75) is 57.4 Å². The molecule has 0 aromatic heterocycles. The van der Waals surface area contributed by atoms with Gasteiger partial charge in [0.2, 0.25) is 0 Å². The van der Waals surface area contributed by atoms with Crippen molar-refractivity contribution in [1.29, 1.82) is 0 Å². The number of hydrogen-bond donors (Lipinski definition) is 2. The van der Waals surface area contributed by atoms with Crippen LogP contribution in [-0.2, 0) is 17.3 Å². The zero-order valence-corrected chi connectivity index (χ0v) is 13.3. The van der Waals surface area contributed by atoms with Crippen molar-refractivity contribution in [2.75, 3.05) is 5.32 Å². The number of ether oxygens (including phenoxy) is 1. The van der Waals surface area contributed by atoms with E-state index in [0.717, 1.165) is 12.1 Å². The number of alkyl halides is 3. The molecule has 1 saturated carbocycles. The van der Waals surface area contributed by atoms with E-state index in [1.807, 2.05) is 0 Å². The Kier molecular flexibility index (Phi) is 4.36. The molecule has 1 amide bonds. The molecule has 0 heterocycles. The summed E-state index contributed by atoms with van der Waals surface area (Å²) in [5.74, 6) is 0. The zero-order chi connectivity index (χ0) is 17.5. The van der Waals surface area contributed by atoms with Crippen LogP contribution in [0.15, 0.2) is 18.2 Å². The van der Waals surface area contributed by atoms with Crippen molar-refractivity contribution < 1.29 is 27.8 Å². The van der Waals surface area contributed by atoms with Crippen molar-refractivity contribution in [2.24, 2.45) is 0 Å². The molecule has 0 bridgehead atoms. The number of benzene rings is 1. The van der Waals surface area contributed by atoms with E-state index in [4.69, 9.17) is 4.74 Å². The summed E-state index contributed by atoms with van der Waals surface area (Å²) in [6.07, 6.45) is -3.96. The second-order valence-corrected chi connectivity index (χ2v) is 6.90. The summed E-state index contributed by atoms with van der Waals surface area (Å²) in [5.41, 5.74) is -2.06. The molecule has 4 nitrogen and oxygen atoms in total. The highest BCUT2D eigenvalue weighted by molar-refractivity contribution is 5.86. The minimum Gasteiger partial charge on any atom is -0.444 e. The number of carbonyl (C=O) groups is 1. The maximum Gasteiger partial charge on any atom is 0.416 e. The summed E-state index contributed by atoms with van der Waals surface area (Å²) < 4.78 is 43.7. The third-order valence-corrected chi connectivity index (χ3v) is 3.42. The highest BCUT2D eigenvalue weighted by Gasteiger charge is 2.41. The number of nitrogens with one attached hydrogen (secondary N) is 1. The predicted molar refractivity (Wildman–Crippen MR) is 79.2 cm³/mol. The highest BCUT2D eigenvalue weighted by atomic mass is 19.4. The molecule has 1 fully saturated rings. The van der Waals surface area contributed by atoms with Crippen LogP contribution in [0, 0.1) is 0 Å². The van der Waals surface area contributed by atoms with Gasteiger partial charge in [0.05, 0.1) is 11.2 Å². The molecule has 0 spiro atoms. The van der Waals surface area contributed by atoms with Gasteiger partial charge < -0.3 is 9.84 Å². The number of carbonyl (C=O) groups excluding carboxylic acids is 1. The van der Waals surface area contributed by atoms with Crippen LogP contribution in [0.4, 0.5) is 23.7 Å². The Labute approximate surface area is 132 Å². The maximum atomic E-state index is 12.9. The second-order valence-electron chi connectivity index (χ2n) is 6.90. The van der Waals surface area contributed by atoms with Gasteiger partial charge in [0, 0.05) is 12.1 Å². The van der Waals surface area contributed by atoms with Crippen LogP contribution in [0.5, 0.6) is 0 Å². The minimum atomic E-state index is -4.51. The van der Waals surface area contributed by atoms with Crippen LogP contribution in [0.2, 0.25) is 0 Å². The van der Waals surface area contributed by atoms with Gasteiger partial charge in [0.1, 0.15) is 5.60 Å². The number of amides is 1. The Bertz CT molecular complexity index is 602. The maximum absolute atomic E-state index is 12.9. The summed E-state index contributed by atoms with van der Waals surface area (Å²) in [4.78, 5) is 11.8. The van der Waals surface area contributed by atoms with Gasteiger partial charge in [-0.2, -0.15) is 13.2 Å². The molecule has 2 rings (SSSR count). The molecule has 0 saturated heterocycles. The van der Waals surface area contributed by atoms with E-state index in [9.17, 15) is 23.1 Å². The largest absolute Gasteiger partial charge is 0.444 e. The van der Waals surface area contributed by atoms with Crippen LogP contribution in [0.25, 0.3) is 0 Å². The number of aliphatic hydroxyl groups is 1. The average molecular weight is 331 g/mol. The molecule has 1 aliphatic rings. The van der Waals surface area contributed by atoms with Gasteiger partial charge >= 0.3 is 12.3 Å². The first-order chi connectivity index (χ1) is 10.4. The molecule has 1 aromatic rings. The third kappa shape index (κ3) is 5.13. The molecule has 7 heteroatoms. The van der Waals surface area contributed by atoms with E-state index in [1.54, 1.807) is 20.8 Å². The fraction of sp³-hybridized carbons (Fsp3) is 0.562. The molecule has 1 aliphatic carbocycles. The summed E-state index contributed by atoms with van der Waals surface area (Å²) in [7, 11) is 0. The van der Waals surface area contributed by atoms with E-state index in [2.05, 4.69) is 5.32 Å². The van der Waals surface area contributed by atoms with E-state index < -0.39 is 29.0 Å². The number of rotatable bonds is 3. The molecule has 0 unspecified atom stereocenters. The molecule has 0 aliphatic heterocycles.